The Balaban J connectivity index is 1.59. The second-order valence-electron chi connectivity index (χ2n) is 7.01. The van der Waals surface area contributed by atoms with Crippen LogP contribution in [0.25, 0.3) is 20.8 Å². The highest BCUT2D eigenvalue weighted by molar-refractivity contribution is 7.21. The molecule has 0 aliphatic heterocycles. The third-order valence-corrected chi connectivity index (χ3v) is 5.63. The number of hydrogen-bond donors (Lipinski definition) is 1. The van der Waals surface area contributed by atoms with Crippen LogP contribution in [0.5, 0.6) is 5.75 Å². The van der Waals surface area contributed by atoms with E-state index in [-0.39, 0.29) is 5.69 Å². The zero-order chi connectivity index (χ0) is 22.2. The van der Waals surface area contributed by atoms with Crippen LogP contribution in [-0.4, -0.2) is 24.2 Å². The Bertz CT molecular complexity index is 1260. The topological polar surface area (TPSA) is 61.1 Å². The van der Waals surface area contributed by atoms with E-state index in [4.69, 9.17) is 0 Å². The van der Waals surface area contributed by atoms with Crippen LogP contribution < -0.4 is 4.90 Å². The Morgan fingerprint density at radius 1 is 0.935 bits per heavy atom. The van der Waals surface area contributed by atoms with Crippen molar-refractivity contribution in [3.05, 3.63) is 66.2 Å². The molecule has 0 bridgehead atoms. The molecule has 0 unspecified atom stereocenters. The summed E-state index contributed by atoms with van der Waals surface area (Å²) < 4.78 is 40.5. The van der Waals surface area contributed by atoms with Crippen LogP contribution in [0.1, 0.15) is 5.56 Å². The minimum Gasteiger partial charge on any atom is -0.508 e. The summed E-state index contributed by atoms with van der Waals surface area (Å²) in [5, 5.41) is 17.8. The highest BCUT2D eigenvalue weighted by atomic mass is 32.1. The molecule has 158 valence electrons. The number of aromatic hydroxyl groups is 1. The first kappa shape index (κ1) is 20.8. The number of halogens is 3. The van der Waals surface area contributed by atoms with Crippen LogP contribution in [0.15, 0.2) is 70.9 Å². The molecule has 5 nitrogen and oxygen atoms in total. The van der Waals surface area contributed by atoms with Gasteiger partial charge in [0.1, 0.15) is 10.8 Å². The summed E-state index contributed by atoms with van der Waals surface area (Å²) in [6.07, 6.45) is -4.64. The molecule has 0 aliphatic rings. The first-order valence-electron chi connectivity index (χ1n) is 9.21. The number of fused-ring (bicyclic) bond motifs is 1. The Morgan fingerprint density at radius 3 is 2.35 bits per heavy atom. The van der Waals surface area contributed by atoms with Crippen LogP contribution >= 0.6 is 11.3 Å². The van der Waals surface area contributed by atoms with E-state index in [1.807, 2.05) is 31.1 Å². The van der Waals surface area contributed by atoms with E-state index in [1.165, 1.54) is 0 Å². The van der Waals surface area contributed by atoms with Crippen LogP contribution in [0.3, 0.4) is 0 Å². The van der Waals surface area contributed by atoms with Crippen molar-refractivity contribution in [1.29, 1.82) is 0 Å². The van der Waals surface area contributed by atoms with Crippen molar-refractivity contribution in [3.8, 4) is 16.3 Å². The molecule has 0 radical (unpaired) electrons. The summed E-state index contributed by atoms with van der Waals surface area (Å²) in [4.78, 5) is 6.68. The molecule has 1 heterocycles. The van der Waals surface area contributed by atoms with Gasteiger partial charge in [-0.2, -0.15) is 18.3 Å². The fourth-order valence-electron chi connectivity index (χ4n) is 2.94. The van der Waals surface area contributed by atoms with Crippen molar-refractivity contribution in [2.45, 2.75) is 6.18 Å². The monoisotopic (exact) mass is 442 g/mol. The molecule has 0 spiro atoms. The molecule has 4 aromatic rings. The van der Waals surface area contributed by atoms with Gasteiger partial charge in [0.2, 0.25) is 0 Å². The van der Waals surface area contributed by atoms with Crippen molar-refractivity contribution < 1.29 is 18.3 Å². The van der Waals surface area contributed by atoms with Gasteiger partial charge in [0.05, 0.1) is 27.2 Å². The number of rotatable bonds is 4. The number of anilines is 1. The lowest BCUT2D eigenvalue weighted by molar-refractivity contribution is -0.137. The summed E-state index contributed by atoms with van der Waals surface area (Å²) in [5.74, 6) is -0.482. The van der Waals surface area contributed by atoms with E-state index in [2.05, 4.69) is 21.3 Å². The third-order valence-electron chi connectivity index (χ3n) is 4.56. The van der Waals surface area contributed by atoms with Gasteiger partial charge < -0.3 is 10.0 Å². The standard InChI is InChI=1S/C22H17F3N4OS/c1-29(2)15-7-9-19-20(11-15)31-21(26-19)13-3-5-14(6-4-13)27-28-18-10-8-16(30)12-17(18)22(23,24)25/h3-12,30H,1-2H3/b28-27+. The maximum absolute atomic E-state index is 13.1. The molecule has 0 fully saturated rings. The highest BCUT2D eigenvalue weighted by Gasteiger charge is 2.34. The quantitative estimate of drug-likeness (QED) is 0.341. The van der Waals surface area contributed by atoms with Gasteiger partial charge >= 0.3 is 6.18 Å². The first-order valence-corrected chi connectivity index (χ1v) is 10.0. The molecule has 0 aliphatic carbocycles. The largest absolute Gasteiger partial charge is 0.508 e. The first-order chi connectivity index (χ1) is 14.7. The second-order valence-corrected chi connectivity index (χ2v) is 8.04. The van der Waals surface area contributed by atoms with Gasteiger partial charge in [0.15, 0.2) is 0 Å². The molecule has 0 saturated carbocycles. The maximum Gasteiger partial charge on any atom is 0.418 e. The van der Waals surface area contributed by atoms with E-state index < -0.39 is 17.5 Å². The van der Waals surface area contributed by atoms with E-state index in [9.17, 15) is 18.3 Å². The Morgan fingerprint density at radius 2 is 1.68 bits per heavy atom. The summed E-state index contributed by atoms with van der Waals surface area (Å²) in [5.41, 5.74) is 1.87. The number of nitrogens with zero attached hydrogens (tertiary/aromatic N) is 4. The van der Waals surface area contributed by atoms with Gasteiger partial charge in [-0.1, -0.05) is 0 Å². The summed E-state index contributed by atoms with van der Waals surface area (Å²) >= 11 is 1.56. The van der Waals surface area contributed by atoms with E-state index in [0.717, 1.165) is 38.6 Å². The summed E-state index contributed by atoms with van der Waals surface area (Å²) in [6.45, 7) is 0. The van der Waals surface area contributed by atoms with Crippen molar-refractivity contribution >= 4 is 38.6 Å². The molecule has 31 heavy (non-hydrogen) atoms. The number of aromatic nitrogens is 1. The lowest BCUT2D eigenvalue weighted by atomic mass is 10.1. The number of azo groups is 1. The molecule has 3 aromatic carbocycles. The fraction of sp³-hybridized carbons (Fsp3) is 0.136. The van der Waals surface area contributed by atoms with Crippen LogP contribution in [0.2, 0.25) is 0 Å². The smallest absolute Gasteiger partial charge is 0.418 e. The molecule has 1 aromatic heterocycles. The summed E-state index contributed by atoms with van der Waals surface area (Å²) in [7, 11) is 3.96. The zero-order valence-electron chi connectivity index (χ0n) is 16.6. The molecule has 4 rings (SSSR count). The lowest BCUT2D eigenvalue weighted by Gasteiger charge is -2.11. The normalized spacial score (nSPS) is 12.0. The molecule has 0 atom stereocenters. The Kier molecular flexibility index (Phi) is 5.36. The zero-order valence-corrected chi connectivity index (χ0v) is 17.4. The molecular weight excluding hydrogens is 425 g/mol. The molecule has 1 N–H and O–H groups in total. The fourth-order valence-corrected chi connectivity index (χ4v) is 3.94. The number of alkyl halides is 3. The molecular formula is C22H17F3N4OS. The molecule has 0 saturated heterocycles. The number of thiazole rings is 1. The van der Waals surface area contributed by atoms with Crippen LogP contribution in [0.4, 0.5) is 30.2 Å². The number of phenolic OH excluding ortho intramolecular Hbond substituents is 1. The number of phenols is 1. The van der Waals surface area contributed by atoms with Gasteiger partial charge in [-0.25, -0.2) is 4.98 Å². The van der Waals surface area contributed by atoms with Crippen molar-refractivity contribution in [3.63, 3.8) is 0 Å². The minimum atomic E-state index is -4.64. The van der Waals surface area contributed by atoms with Crippen molar-refractivity contribution in [2.75, 3.05) is 19.0 Å². The Labute approximate surface area is 180 Å². The third kappa shape index (κ3) is 4.51. The predicted octanol–water partition coefficient (Wildman–Crippen LogP) is 7.17. The van der Waals surface area contributed by atoms with E-state index in [0.29, 0.717) is 11.8 Å². The van der Waals surface area contributed by atoms with Gasteiger partial charge in [-0.05, 0) is 60.7 Å². The van der Waals surface area contributed by atoms with Crippen molar-refractivity contribution in [1.82, 2.24) is 4.98 Å². The maximum atomic E-state index is 13.1. The SMILES string of the molecule is CN(C)c1ccc2nc(-c3ccc(/N=N/c4ccc(O)cc4C(F)(F)F)cc3)sc2c1. The summed E-state index contributed by atoms with van der Waals surface area (Å²) in [6, 6.07) is 15.9. The average Bonchev–Trinajstić information content (AvgIpc) is 3.16. The predicted molar refractivity (Wildman–Crippen MR) is 117 cm³/mol. The van der Waals surface area contributed by atoms with Gasteiger partial charge in [0.25, 0.3) is 0 Å². The number of hydrogen-bond acceptors (Lipinski definition) is 6. The number of benzene rings is 3. The molecule has 0 amide bonds. The van der Waals surface area contributed by atoms with Gasteiger partial charge in [0, 0.05) is 25.3 Å². The minimum absolute atomic E-state index is 0.364. The highest BCUT2D eigenvalue weighted by Crippen LogP contribution is 2.39. The van der Waals surface area contributed by atoms with E-state index in [1.54, 1.807) is 35.6 Å². The second kappa shape index (κ2) is 7.99. The van der Waals surface area contributed by atoms with E-state index >= 15 is 0 Å². The average molecular weight is 442 g/mol. The van der Waals surface area contributed by atoms with Crippen LogP contribution in [-0.2, 0) is 6.18 Å². The lowest BCUT2D eigenvalue weighted by Crippen LogP contribution is -2.07. The van der Waals surface area contributed by atoms with Gasteiger partial charge in [-0.3, -0.25) is 0 Å². The van der Waals surface area contributed by atoms with Crippen LogP contribution in [0, 0.1) is 0 Å². The Hall–Kier alpha value is -3.46. The molecule has 9 heteroatoms. The van der Waals surface area contributed by atoms with Crippen molar-refractivity contribution in [2.24, 2.45) is 10.2 Å². The van der Waals surface area contributed by atoms with Gasteiger partial charge in [-0.15, -0.1) is 16.5 Å².